The van der Waals surface area contributed by atoms with Crippen LogP contribution in [0.3, 0.4) is 0 Å². The third-order valence-corrected chi connectivity index (χ3v) is 3.32. The van der Waals surface area contributed by atoms with Crippen LogP contribution >= 0.6 is 0 Å². The van der Waals surface area contributed by atoms with E-state index in [9.17, 15) is 0 Å². The van der Waals surface area contributed by atoms with E-state index in [2.05, 4.69) is 54.4 Å². The zero-order valence-corrected chi connectivity index (χ0v) is 19.0. The predicted octanol–water partition coefficient (Wildman–Crippen LogP) is 4.96. The zero-order valence-electron chi connectivity index (χ0n) is 13.3. The standard InChI is InChI=1S/C14H20.2CH3.2Y/c1-7-13-10(4)9(3)11(5)14(8-2)12(13)6;;;;/h7-8H,1-6H3;2*1H3;;/q-2;2*-1;;. The van der Waals surface area contributed by atoms with Crippen molar-refractivity contribution in [1.29, 1.82) is 0 Å². The Morgan fingerprint density at radius 3 is 1.06 bits per heavy atom. The van der Waals surface area contributed by atoms with Crippen LogP contribution < -0.4 is 0 Å². The summed E-state index contributed by atoms with van der Waals surface area (Å²) in [6.07, 6.45) is 4.42. The SMILES string of the molecule is C[CH-]c1c(C)c(C)c(C)c([CH-]C)c1C.[CH3-].[CH3-].[Y].[Y]. The monoisotopic (exact) mass is 396 g/mol. The molecule has 2 radical (unpaired) electrons. The molecule has 0 unspecified atom stereocenters. The first-order valence-corrected chi connectivity index (χ1v) is 5.23. The number of hydrogen-bond donors (Lipinski definition) is 0. The van der Waals surface area contributed by atoms with E-state index in [1.807, 2.05) is 0 Å². The normalized spacial score (nSPS) is 7.89. The molecule has 0 aromatic heterocycles. The van der Waals surface area contributed by atoms with Crippen molar-refractivity contribution in [2.75, 3.05) is 0 Å². The van der Waals surface area contributed by atoms with Crippen LogP contribution in [0.1, 0.15) is 47.2 Å². The first kappa shape index (κ1) is 27.5. The van der Waals surface area contributed by atoms with Gasteiger partial charge in [0.25, 0.3) is 0 Å². The summed E-state index contributed by atoms with van der Waals surface area (Å²) in [4.78, 5) is 0. The molecule has 0 bridgehead atoms. The van der Waals surface area contributed by atoms with E-state index in [0.717, 1.165) is 0 Å². The molecule has 0 N–H and O–H groups in total. The Bertz CT molecular complexity index is 324. The van der Waals surface area contributed by atoms with E-state index < -0.39 is 0 Å². The molecular weight excluding hydrogens is 370 g/mol. The molecule has 0 aliphatic carbocycles. The first-order valence-electron chi connectivity index (χ1n) is 5.23. The van der Waals surface area contributed by atoms with Crippen LogP contribution in [0.2, 0.25) is 0 Å². The molecule has 1 rings (SSSR count). The number of benzene rings is 1. The molecule has 0 fully saturated rings. The Morgan fingerprint density at radius 1 is 0.556 bits per heavy atom. The van der Waals surface area contributed by atoms with E-state index in [-0.39, 0.29) is 80.3 Å². The van der Waals surface area contributed by atoms with E-state index in [1.165, 1.54) is 33.4 Å². The summed E-state index contributed by atoms with van der Waals surface area (Å²) in [6.45, 7) is 13.1. The van der Waals surface area contributed by atoms with Gasteiger partial charge in [-0.3, -0.25) is 0 Å². The fourth-order valence-corrected chi connectivity index (χ4v) is 2.26. The Balaban J connectivity index is -0.000000245. The second kappa shape index (κ2) is 12.0. The van der Waals surface area contributed by atoms with Gasteiger partial charge in [0.2, 0.25) is 0 Å². The van der Waals surface area contributed by atoms with Crippen LogP contribution in [0, 0.1) is 55.4 Å². The topological polar surface area (TPSA) is 0 Å². The van der Waals surface area contributed by atoms with Gasteiger partial charge in [0, 0.05) is 65.4 Å². The summed E-state index contributed by atoms with van der Waals surface area (Å²) in [7, 11) is 0. The molecule has 0 heterocycles. The Kier molecular flexibility index (Phi) is 18.3. The quantitative estimate of drug-likeness (QED) is 0.620. The largest absolute Gasteiger partial charge is 0.358 e. The van der Waals surface area contributed by atoms with Gasteiger partial charge in [-0.1, -0.05) is 41.5 Å². The molecule has 0 aliphatic rings. The van der Waals surface area contributed by atoms with Crippen molar-refractivity contribution in [3.63, 3.8) is 0 Å². The summed E-state index contributed by atoms with van der Waals surface area (Å²) in [5.74, 6) is 0. The van der Waals surface area contributed by atoms with Crippen molar-refractivity contribution >= 4 is 0 Å². The molecular formula is C16H26Y2-4. The first-order chi connectivity index (χ1) is 6.54. The fourth-order valence-electron chi connectivity index (χ4n) is 2.26. The van der Waals surface area contributed by atoms with Crippen LogP contribution in [-0.2, 0) is 65.4 Å². The van der Waals surface area contributed by atoms with E-state index >= 15 is 0 Å². The third-order valence-electron chi connectivity index (χ3n) is 3.32. The van der Waals surface area contributed by atoms with Crippen molar-refractivity contribution in [3.8, 4) is 0 Å². The van der Waals surface area contributed by atoms with Crippen LogP contribution in [0.15, 0.2) is 0 Å². The molecule has 18 heavy (non-hydrogen) atoms. The molecule has 0 atom stereocenters. The van der Waals surface area contributed by atoms with Crippen molar-refractivity contribution in [3.05, 3.63) is 61.1 Å². The summed E-state index contributed by atoms with van der Waals surface area (Å²) in [5, 5.41) is 0. The number of rotatable bonds is 2. The Morgan fingerprint density at radius 2 is 0.833 bits per heavy atom. The third kappa shape index (κ3) is 5.27. The smallest absolute Gasteiger partial charge is 0 e. The van der Waals surface area contributed by atoms with Gasteiger partial charge < -0.3 is 14.9 Å². The molecule has 2 heteroatoms. The molecule has 0 amide bonds. The average molecular weight is 396 g/mol. The van der Waals surface area contributed by atoms with E-state index in [1.54, 1.807) is 0 Å². The molecule has 0 saturated carbocycles. The molecule has 0 spiro atoms. The molecule has 100 valence electrons. The van der Waals surface area contributed by atoms with Crippen LogP contribution in [0.25, 0.3) is 0 Å². The molecule has 0 aliphatic heterocycles. The summed E-state index contributed by atoms with van der Waals surface area (Å²) >= 11 is 0. The zero-order chi connectivity index (χ0) is 10.9. The van der Waals surface area contributed by atoms with Crippen molar-refractivity contribution in [2.24, 2.45) is 0 Å². The van der Waals surface area contributed by atoms with Crippen molar-refractivity contribution in [2.45, 2.75) is 41.5 Å². The van der Waals surface area contributed by atoms with Gasteiger partial charge in [0.15, 0.2) is 0 Å². The molecule has 0 nitrogen and oxygen atoms in total. The van der Waals surface area contributed by atoms with Crippen LogP contribution in [0.5, 0.6) is 0 Å². The summed E-state index contributed by atoms with van der Waals surface area (Å²) < 4.78 is 0. The molecule has 1 aromatic rings. The molecule has 1 aromatic carbocycles. The predicted molar refractivity (Wildman–Crippen MR) is 76.4 cm³/mol. The van der Waals surface area contributed by atoms with Crippen LogP contribution in [0.4, 0.5) is 0 Å². The minimum absolute atomic E-state index is 0. The second-order valence-electron chi connectivity index (χ2n) is 3.90. The second-order valence-corrected chi connectivity index (χ2v) is 3.90. The van der Waals surface area contributed by atoms with Gasteiger partial charge in [-0.05, 0) is 0 Å². The maximum atomic E-state index is 2.21. The van der Waals surface area contributed by atoms with Gasteiger partial charge in [-0.25, -0.2) is 0 Å². The average Bonchev–Trinajstić information content (AvgIpc) is 2.16. The Hall–Kier alpha value is 1.17. The molecule has 0 saturated heterocycles. The van der Waals surface area contributed by atoms with Gasteiger partial charge in [0.1, 0.15) is 0 Å². The van der Waals surface area contributed by atoms with Gasteiger partial charge in [0.05, 0.1) is 0 Å². The minimum atomic E-state index is 0. The summed E-state index contributed by atoms with van der Waals surface area (Å²) in [5.41, 5.74) is 8.50. The number of hydrogen-bond acceptors (Lipinski definition) is 0. The fraction of sp³-hybridized carbons (Fsp3) is 0.375. The van der Waals surface area contributed by atoms with Gasteiger partial charge in [-0.2, -0.15) is 46.2 Å². The summed E-state index contributed by atoms with van der Waals surface area (Å²) in [6, 6.07) is 0. The Labute approximate surface area is 166 Å². The van der Waals surface area contributed by atoms with Gasteiger partial charge in [-0.15, -0.1) is 0 Å². The van der Waals surface area contributed by atoms with Crippen molar-refractivity contribution < 1.29 is 65.4 Å². The van der Waals surface area contributed by atoms with Crippen LogP contribution in [-0.4, -0.2) is 0 Å². The maximum Gasteiger partial charge on any atom is 0 e. The maximum absolute atomic E-state index is 2.21. The van der Waals surface area contributed by atoms with E-state index in [4.69, 9.17) is 0 Å². The minimum Gasteiger partial charge on any atom is -0.358 e. The van der Waals surface area contributed by atoms with Crippen molar-refractivity contribution in [1.82, 2.24) is 0 Å². The van der Waals surface area contributed by atoms with E-state index in [0.29, 0.717) is 0 Å². The van der Waals surface area contributed by atoms with Gasteiger partial charge >= 0.3 is 0 Å².